The summed E-state index contributed by atoms with van der Waals surface area (Å²) in [6.45, 7) is 5.28. The molecule has 2 atom stereocenters. The molecule has 72 valence electrons. The Morgan fingerprint density at radius 1 is 1.33 bits per heavy atom. The molecule has 12 heavy (non-hydrogen) atoms. The van der Waals surface area contributed by atoms with Crippen LogP contribution in [-0.2, 0) is 0 Å². The van der Waals surface area contributed by atoms with Crippen LogP contribution in [0.1, 0.15) is 39.5 Å². The van der Waals surface area contributed by atoms with Gasteiger partial charge in [-0.3, -0.25) is 0 Å². The van der Waals surface area contributed by atoms with Crippen LogP contribution >= 0.6 is 0 Å². The van der Waals surface area contributed by atoms with E-state index in [1.54, 1.807) is 0 Å². The summed E-state index contributed by atoms with van der Waals surface area (Å²) in [5.74, 6) is 0.501. The van der Waals surface area contributed by atoms with Crippen LogP contribution in [0, 0.1) is 5.92 Å². The van der Waals surface area contributed by atoms with Gasteiger partial charge in [-0.25, -0.2) is 0 Å². The van der Waals surface area contributed by atoms with Crippen LogP contribution in [0.15, 0.2) is 0 Å². The summed E-state index contributed by atoms with van der Waals surface area (Å²) in [4.78, 5) is 0. The normalized spacial score (nSPS) is 31.0. The van der Waals surface area contributed by atoms with E-state index in [1.807, 2.05) is 0 Å². The highest BCUT2D eigenvalue weighted by Gasteiger charge is 2.22. The van der Waals surface area contributed by atoms with Crippen molar-refractivity contribution in [2.24, 2.45) is 5.92 Å². The summed E-state index contributed by atoms with van der Waals surface area (Å²) in [5.41, 5.74) is 0. The first-order valence-corrected chi connectivity index (χ1v) is 5.11. The number of aliphatic hydroxyl groups excluding tert-OH is 1. The van der Waals surface area contributed by atoms with Gasteiger partial charge in [0.25, 0.3) is 0 Å². The number of hydrogen-bond acceptors (Lipinski definition) is 2. The maximum absolute atomic E-state index is 9.64. The van der Waals surface area contributed by atoms with E-state index in [9.17, 15) is 5.11 Å². The topological polar surface area (TPSA) is 32.3 Å². The first-order valence-electron chi connectivity index (χ1n) is 5.11. The average molecular weight is 171 g/mol. The molecule has 2 nitrogen and oxygen atoms in total. The Balaban J connectivity index is 2.20. The van der Waals surface area contributed by atoms with E-state index in [2.05, 4.69) is 19.2 Å². The van der Waals surface area contributed by atoms with Crippen LogP contribution in [-0.4, -0.2) is 23.8 Å². The predicted molar refractivity (Wildman–Crippen MR) is 51.1 cm³/mol. The summed E-state index contributed by atoms with van der Waals surface area (Å²) in [7, 11) is 0. The summed E-state index contributed by atoms with van der Waals surface area (Å²) in [5, 5.41) is 13.0. The van der Waals surface area contributed by atoms with Gasteiger partial charge in [0.2, 0.25) is 0 Å². The van der Waals surface area contributed by atoms with Gasteiger partial charge in [-0.05, 0) is 18.8 Å². The smallest absolute Gasteiger partial charge is 0.0580 e. The maximum atomic E-state index is 9.64. The van der Waals surface area contributed by atoms with Crippen molar-refractivity contribution in [2.45, 2.75) is 51.7 Å². The van der Waals surface area contributed by atoms with Gasteiger partial charge < -0.3 is 10.4 Å². The molecule has 1 aliphatic carbocycles. The number of nitrogens with one attached hydrogen (secondary N) is 1. The molecule has 0 radical (unpaired) electrons. The molecule has 1 rings (SSSR count). The lowest BCUT2D eigenvalue weighted by Gasteiger charge is -2.28. The lowest BCUT2D eigenvalue weighted by molar-refractivity contribution is 0.0687. The van der Waals surface area contributed by atoms with E-state index >= 15 is 0 Å². The minimum Gasteiger partial charge on any atom is -0.393 e. The van der Waals surface area contributed by atoms with Crippen molar-refractivity contribution in [3.63, 3.8) is 0 Å². The molecular weight excluding hydrogens is 150 g/mol. The average Bonchev–Trinajstić information content (AvgIpc) is 2.03. The highest BCUT2D eigenvalue weighted by atomic mass is 16.3. The van der Waals surface area contributed by atoms with Crippen molar-refractivity contribution in [3.05, 3.63) is 0 Å². The third kappa shape index (κ3) is 3.11. The van der Waals surface area contributed by atoms with Gasteiger partial charge in [0.05, 0.1) is 6.10 Å². The van der Waals surface area contributed by atoms with Crippen LogP contribution in [0.5, 0.6) is 0 Å². The Hall–Kier alpha value is -0.0800. The summed E-state index contributed by atoms with van der Waals surface area (Å²) < 4.78 is 0. The molecule has 1 aliphatic rings. The molecule has 0 amide bonds. The van der Waals surface area contributed by atoms with Crippen LogP contribution in [0.2, 0.25) is 0 Å². The molecular formula is C10H21NO. The molecule has 1 fully saturated rings. The van der Waals surface area contributed by atoms with E-state index in [4.69, 9.17) is 0 Å². The van der Waals surface area contributed by atoms with Crippen molar-refractivity contribution in [1.29, 1.82) is 0 Å². The fourth-order valence-corrected chi connectivity index (χ4v) is 1.81. The number of aliphatic hydroxyl groups is 1. The second-order valence-electron chi connectivity index (χ2n) is 4.17. The van der Waals surface area contributed by atoms with Crippen LogP contribution in [0.3, 0.4) is 0 Å². The molecule has 0 spiro atoms. The Labute approximate surface area is 75.4 Å². The van der Waals surface area contributed by atoms with Gasteiger partial charge in [-0.15, -0.1) is 0 Å². The molecule has 2 heteroatoms. The van der Waals surface area contributed by atoms with Crippen molar-refractivity contribution >= 4 is 0 Å². The maximum Gasteiger partial charge on any atom is 0.0580 e. The lowest BCUT2D eigenvalue weighted by atomic mass is 9.86. The van der Waals surface area contributed by atoms with Crippen LogP contribution in [0.4, 0.5) is 0 Å². The molecule has 0 aromatic heterocycles. The minimum atomic E-state index is -0.0509. The van der Waals surface area contributed by atoms with Gasteiger partial charge in [0, 0.05) is 12.6 Å². The number of hydrogen-bond donors (Lipinski definition) is 2. The predicted octanol–water partition coefficient (Wildman–Crippen LogP) is 1.54. The molecule has 2 N–H and O–H groups in total. The Morgan fingerprint density at radius 3 is 2.58 bits per heavy atom. The molecule has 0 saturated heterocycles. The number of rotatable bonds is 3. The summed E-state index contributed by atoms with van der Waals surface area (Å²) >= 11 is 0. The fourth-order valence-electron chi connectivity index (χ4n) is 1.81. The molecule has 1 saturated carbocycles. The van der Waals surface area contributed by atoms with Gasteiger partial charge in [0.1, 0.15) is 0 Å². The van der Waals surface area contributed by atoms with Crippen LogP contribution < -0.4 is 5.32 Å². The van der Waals surface area contributed by atoms with Crippen molar-refractivity contribution in [3.8, 4) is 0 Å². The SMILES string of the molecule is CC(C)NCC1CCCCC1O. The largest absolute Gasteiger partial charge is 0.393 e. The van der Waals surface area contributed by atoms with E-state index in [-0.39, 0.29) is 6.10 Å². The lowest BCUT2D eigenvalue weighted by Crippen LogP contribution is -2.36. The first-order chi connectivity index (χ1) is 5.70. The Bertz CT molecular complexity index is 125. The molecule has 0 aromatic carbocycles. The third-order valence-corrected chi connectivity index (χ3v) is 2.66. The molecule has 0 aromatic rings. The monoisotopic (exact) mass is 171 g/mol. The molecule has 2 unspecified atom stereocenters. The van der Waals surface area contributed by atoms with Crippen molar-refractivity contribution in [2.75, 3.05) is 6.54 Å². The first kappa shape index (κ1) is 10.0. The zero-order chi connectivity index (χ0) is 8.97. The summed E-state index contributed by atoms with van der Waals surface area (Å²) in [6.07, 6.45) is 4.65. The van der Waals surface area contributed by atoms with Gasteiger partial charge in [-0.2, -0.15) is 0 Å². The van der Waals surface area contributed by atoms with Gasteiger partial charge in [0.15, 0.2) is 0 Å². The fraction of sp³-hybridized carbons (Fsp3) is 1.00. The standard InChI is InChI=1S/C10H21NO/c1-8(2)11-7-9-5-3-4-6-10(9)12/h8-12H,3-7H2,1-2H3. The van der Waals surface area contributed by atoms with Crippen molar-refractivity contribution < 1.29 is 5.11 Å². The van der Waals surface area contributed by atoms with E-state index in [0.717, 1.165) is 13.0 Å². The van der Waals surface area contributed by atoms with E-state index < -0.39 is 0 Å². The zero-order valence-electron chi connectivity index (χ0n) is 8.21. The van der Waals surface area contributed by atoms with E-state index in [1.165, 1.54) is 19.3 Å². The third-order valence-electron chi connectivity index (χ3n) is 2.66. The van der Waals surface area contributed by atoms with E-state index in [0.29, 0.717) is 12.0 Å². The molecule has 0 bridgehead atoms. The highest BCUT2D eigenvalue weighted by molar-refractivity contribution is 4.76. The van der Waals surface area contributed by atoms with Gasteiger partial charge in [-0.1, -0.05) is 26.7 Å². The minimum absolute atomic E-state index is 0.0509. The molecule has 0 heterocycles. The zero-order valence-corrected chi connectivity index (χ0v) is 8.21. The van der Waals surface area contributed by atoms with Crippen molar-refractivity contribution in [1.82, 2.24) is 5.32 Å². The van der Waals surface area contributed by atoms with Gasteiger partial charge >= 0.3 is 0 Å². The quantitative estimate of drug-likeness (QED) is 0.675. The summed E-state index contributed by atoms with van der Waals surface area (Å²) in [6, 6.07) is 0.541. The molecule has 0 aliphatic heterocycles. The second-order valence-corrected chi connectivity index (χ2v) is 4.17. The Kier molecular flexibility index (Phi) is 4.02. The second kappa shape index (κ2) is 4.83. The highest BCUT2D eigenvalue weighted by Crippen LogP contribution is 2.23. The Morgan fingerprint density at radius 2 is 2.00 bits per heavy atom. The van der Waals surface area contributed by atoms with Crippen LogP contribution in [0.25, 0.3) is 0 Å².